The Morgan fingerprint density at radius 2 is 2.08 bits per heavy atom. The zero-order chi connectivity index (χ0) is 17.6. The van der Waals surface area contributed by atoms with Gasteiger partial charge in [-0.25, -0.2) is 9.98 Å². The zero-order valence-electron chi connectivity index (χ0n) is 15.1. The standard InChI is InChI=1S/C20H24N4O/c1-14-21-7-8-24(14)11-15-9-16(12-23(2)3)18-17(10-15)19(25)22-13-20(18)5-4-6-20/h7-10,13H,4-6,11-12H2,1-3H3. The van der Waals surface area contributed by atoms with Gasteiger partial charge in [0.15, 0.2) is 0 Å². The van der Waals surface area contributed by atoms with Gasteiger partial charge in [-0.05, 0) is 56.6 Å². The number of imidazole rings is 1. The molecule has 1 fully saturated rings. The van der Waals surface area contributed by atoms with Crippen molar-refractivity contribution in [2.75, 3.05) is 14.1 Å². The maximum atomic E-state index is 12.5. The van der Waals surface area contributed by atoms with Crippen molar-refractivity contribution in [1.29, 1.82) is 0 Å². The molecule has 2 aliphatic rings. The summed E-state index contributed by atoms with van der Waals surface area (Å²) in [4.78, 5) is 23.2. The number of carbonyl (C=O) groups excluding carboxylic acids is 1. The number of benzene rings is 1. The molecule has 0 saturated heterocycles. The SMILES string of the molecule is Cc1nccn1Cc1cc(CN(C)C)c2c(c1)C(=O)N=CC21CCC1. The normalized spacial score (nSPS) is 17.8. The van der Waals surface area contributed by atoms with Crippen LogP contribution in [0.5, 0.6) is 0 Å². The van der Waals surface area contributed by atoms with Crippen LogP contribution in [0.15, 0.2) is 29.5 Å². The third-order valence-electron chi connectivity index (χ3n) is 5.45. The predicted octanol–water partition coefficient (Wildman–Crippen LogP) is 2.95. The molecular weight excluding hydrogens is 312 g/mol. The molecule has 1 aliphatic heterocycles. The molecule has 1 amide bonds. The number of aromatic nitrogens is 2. The summed E-state index contributed by atoms with van der Waals surface area (Å²) in [7, 11) is 4.15. The lowest BCUT2D eigenvalue weighted by Gasteiger charge is -2.43. The number of rotatable bonds is 4. The topological polar surface area (TPSA) is 50.5 Å². The van der Waals surface area contributed by atoms with Gasteiger partial charge in [-0.1, -0.05) is 12.5 Å². The molecule has 1 saturated carbocycles. The Kier molecular flexibility index (Phi) is 3.84. The quantitative estimate of drug-likeness (QED) is 0.862. The van der Waals surface area contributed by atoms with E-state index in [0.717, 1.165) is 42.9 Å². The number of amides is 1. The molecule has 1 aromatic carbocycles. The highest BCUT2D eigenvalue weighted by Gasteiger charge is 2.43. The monoisotopic (exact) mass is 336 g/mol. The number of carbonyl (C=O) groups is 1. The number of fused-ring (bicyclic) bond motifs is 2. The highest BCUT2D eigenvalue weighted by atomic mass is 16.1. The highest BCUT2D eigenvalue weighted by Crippen LogP contribution is 2.47. The first-order valence-electron chi connectivity index (χ1n) is 8.87. The van der Waals surface area contributed by atoms with Crippen molar-refractivity contribution in [2.24, 2.45) is 4.99 Å². The van der Waals surface area contributed by atoms with E-state index in [4.69, 9.17) is 0 Å². The third kappa shape index (κ3) is 2.72. The summed E-state index contributed by atoms with van der Waals surface area (Å²) < 4.78 is 2.11. The Labute approximate surface area is 148 Å². The summed E-state index contributed by atoms with van der Waals surface area (Å²) in [5.74, 6) is 0.878. The van der Waals surface area contributed by atoms with Crippen molar-refractivity contribution in [3.63, 3.8) is 0 Å². The van der Waals surface area contributed by atoms with Gasteiger partial charge in [0, 0.05) is 42.7 Å². The summed E-state index contributed by atoms with van der Waals surface area (Å²) in [5, 5.41) is 0. The average molecular weight is 336 g/mol. The third-order valence-corrected chi connectivity index (χ3v) is 5.45. The van der Waals surface area contributed by atoms with Gasteiger partial charge in [0.25, 0.3) is 5.91 Å². The summed E-state index contributed by atoms with van der Waals surface area (Å²) in [6.45, 7) is 3.56. The van der Waals surface area contributed by atoms with Crippen LogP contribution in [-0.4, -0.2) is 40.7 Å². The molecule has 25 heavy (non-hydrogen) atoms. The van der Waals surface area contributed by atoms with Gasteiger partial charge >= 0.3 is 0 Å². The Balaban J connectivity index is 1.83. The van der Waals surface area contributed by atoms with E-state index in [0.29, 0.717) is 0 Å². The van der Waals surface area contributed by atoms with Crippen LogP contribution >= 0.6 is 0 Å². The Bertz CT molecular complexity index is 859. The Morgan fingerprint density at radius 3 is 2.68 bits per heavy atom. The van der Waals surface area contributed by atoms with Crippen molar-refractivity contribution in [2.45, 2.75) is 44.7 Å². The number of aryl methyl sites for hydroxylation is 1. The summed E-state index contributed by atoms with van der Waals surface area (Å²) in [6.07, 6.45) is 9.10. The lowest BCUT2D eigenvalue weighted by Crippen LogP contribution is -2.41. The van der Waals surface area contributed by atoms with Crippen molar-refractivity contribution in [3.05, 3.63) is 52.6 Å². The summed E-state index contributed by atoms with van der Waals surface area (Å²) in [5.41, 5.74) is 4.40. The van der Waals surface area contributed by atoms with Crippen LogP contribution in [0.2, 0.25) is 0 Å². The number of hydrogen-bond donors (Lipinski definition) is 0. The minimum absolute atomic E-state index is 0.0158. The van der Waals surface area contributed by atoms with E-state index in [2.05, 4.69) is 39.6 Å². The van der Waals surface area contributed by atoms with Crippen molar-refractivity contribution >= 4 is 12.1 Å². The van der Waals surface area contributed by atoms with Crippen molar-refractivity contribution in [1.82, 2.24) is 14.5 Å². The molecule has 5 nitrogen and oxygen atoms in total. The van der Waals surface area contributed by atoms with Crippen molar-refractivity contribution in [3.8, 4) is 0 Å². The van der Waals surface area contributed by atoms with Gasteiger partial charge in [0.05, 0.1) is 0 Å². The van der Waals surface area contributed by atoms with E-state index < -0.39 is 0 Å². The number of hydrogen-bond acceptors (Lipinski definition) is 3. The van der Waals surface area contributed by atoms with E-state index in [1.807, 2.05) is 31.6 Å². The molecule has 1 aromatic heterocycles. The average Bonchev–Trinajstić information content (AvgIpc) is 2.91. The minimum Gasteiger partial charge on any atom is -0.331 e. The molecule has 4 rings (SSSR count). The van der Waals surface area contributed by atoms with Gasteiger partial charge in [-0.3, -0.25) is 4.79 Å². The van der Waals surface area contributed by atoms with Gasteiger partial charge in [0.1, 0.15) is 5.82 Å². The molecular formula is C20H24N4O. The van der Waals surface area contributed by atoms with E-state index in [1.54, 1.807) is 0 Å². The predicted molar refractivity (Wildman–Crippen MR) is 98.3 cm³/mol. The maximum Gasteiger partial charge on any atom is 0.277 e. The number of aliphatic imine (C=N–C) groups is 1. The van der Waals surface area contributed by atoms with E-state index in [1.165, 1.54) is 17.5 Å². The van der Waals surface area contributed by atoms with Crippen LogP contribution in [0.4, 0.5) is 0 Å². The molecule has 130 valence electrons. The van der Waals surface area contributed by atoms with Gasteiger partial charge < -0.3 is 9.47 Å². The molecule has 0 bridgehead atoms. The fraction of sp³-hybridized carbons (Fsp3) is 0.450. The van der Waals surface area contributed by atoms with Crippen LogP contribution in [0.25, 0.3) is 0 Å². The Morgan fingerprint density at radius 1 is 1.28 bits per heavy atom. The van der Waals surface area contributed by atoms with E-state index >= 15 is 0 Å². The zero-order valence-corrected chi connectivity index (χ0v) is 15.1. The first-order chi connectivity index (χ1) is 12.0. The number of nitrogens with zero attached hydrogens (tertiary/aromatic N) is 4. The minimum atomic E-state index is -0.100. The first-order valence-corrected chi connectivity index (χ1v) is 8.87. The lowest BCUT2D eigenvalue weighted by molar-refractivity contribution is 0.0993. The van der Waals surface area contributed by atoms with Gasteiger partial charge in [0.2, 0.25) is 0 Å². The largest absolute Gasteiger partial charge is 0.331 e. The smallest absolute Gasteiger partial charge is 0.277 e. The van der Waals surface area contributed by atoms with Gasteiger partial charge in [-0.15, -0.1) is 0 Å². The lowest BCUT2D eigenvalue weighted by atomic mass is 9.61. The van der Waals surface area contributed by atoms with Gasteiger partial charge in [-0.2, -0.15) is 0 Å². The second-order valence-corrected chi connectivity index (χ2v) is 7.59. The second-order valence-electron chi connectivity index (χ2n) is 7.59. The van der Waals surface area contributed by atoms with Crippen LogP contribution in [-0.2, 0) is 18.5 Å². The molecule has 1 spiro atoms. The maximum absolute atomic E-state index is 12.5. The highest BCUT2D eigenvalue weighted by molar-refractivity contribution is 6.06. The van der Waals surface area contributed by atoms with Crippen LogP contribution in [0, 0.1) is 6.92 Å². The molecule has 0 N–H and O–H groups in total. The molecule has 1 aliphatic carbocycles. The fourth-order valence-corrected chi connectivity index (χ4v) is 4.10. The van der Waals surface area contributed by atoms with E-state index in [-0.39, 0.29) is 11.3 Å². The van der Waals surface area contributed by atoms with Crippen LogP contribution in [0.3, 0.4) is 0 Å². The fourth-order valence-electron chi connectivity index (χ4n) is 4.10. The second kappa shape index (κ2) is 5.92. The summed E-state index contributed by atoms with van der Waals surface area (Å²) >= 11 is 0. The molecule has 2 heterocycles. The molecule has 2 aromatic rings. The molecule has 0 atom stereocenters. The first kappa shape index (κ1) is 16.2. The van der Waals surface area contributed by atoms with Crippen LogP contribution < -0.4 is 0 Å². The molecule has 5 heteroatoms. The Hall–Kier alpha value is -2.27. The molecule has 0 radical (unpaired) electrons. The van der Waals surface area contributed by atoms with E-state index in [9.17, 15) is 4.79 Å². The summed E-state index contributed by atoms with van der Waals surface area (Å²) in [6, 6.07) is 4.32. The van der Waals surface area contributed by atoms with Crippen LogP contribution in [0.1, 0.15) is 52.1 Å². The molecule has 0 unspecified atom stereocenters. The van der Waals surface area contributed by atoms with Crippen molar-refractivity contribution < 1.29 is 4.79 Å².